The predicted molar refractivity (Wildman–Crippen MR) is 65.2 cm³/mol. The van der Waals surface area contributed by atoms with Gasteiger partial charge in [-0.05, 0) is 24.0 Å². The maximum atomic E-state index is 13.4. The van der Waals surface area contributed by atoms with E-state index in [1.807, 2.05) is 0 Å². The monoisotopic (exact) mass is 260 g/mol. The lowest BCUT2D eigenvalue weighted by atomic mass is 10.0. The van der Waals surface area contributed by atoms with Gasteiger partial charge in [-0.2, -0.15) is 0 Å². The van der Waals surface area contributed by atoms with Gasteiger partial charge in [-0.25, -0.2) is 12.8 Å². The minimum Gasteiger partial charge on any atom is -0.396 e. The van der Waals surface area contributed by atoms with E-state index in [1.165, 1.54) is 6.07 Å². The quantitative estimate of drug-likeness (QED) is 0.847. The Morgan fingerprint density at radius 2 is 2.00 bits per heavy atom. The minimum atomic E-state index is -3.23. The second-order valence-electron chi connectivity index (χ2n) is 4.11. The molecule has 5 heteroatoms. The van der Waals surface area contributed by atoms with Gasteiger partial charge in [0.2, 0.25) is 0 Å². The van der Waals surface area contributed by atoms with Crippen LogP contribution in [0.15, 0.2) is 24.3 Å². The third-order valence-electron chi connectivity index (χ3n) is 2.55. The lowest BCUT2D eigenvalue weighted by Gasteiger charge is -2.12. The number of rotatable bonds is 6. The molecule has 0 heterocycles. The maximum absolute atomic E-state index is 13.4. The highest BCUT2D eigenvalue weighted by molar-refractivity contribution is 7.91. The van der Waals surface area contributed by atoms with E-state index in [1.54, 1.807) is 25.1 Å². The average molecular weight is 260 g/mol. The van der Waals surface area contributed by atoms with E-state index in [0.717, 1.165) is 0 Å². The SMILES string of the molecule is C[C@@H](CS(=O)(=O)CCCO)c1ccccc1F. The van der Waals surface area contributed by atoms with Crippen molar-refractivity contribution >= 4 is 9.84 Å². The van der Waals surface area contributed by atoms with Crippen molar-refractivity contribution in [3.05, 3.63) is 35.6 Å². The van der Waals surface area contributed by atoms with Crippen molar-refractivity contribution in [2.45, 2.75) is 19.3 Å². The van der Waals surface area contributed by atoms with Crippen molar-refractivity contribution in [1.82, 2.24) is 0 Å². The molecule has 3 nitrogen and oxygen atoms in total. The van der Waals surface area contributed by atoms with Gasteiger partial charge >= 0.3 is 0 Å². The van der Waals surface area contributed by atoms with Crippen LogP contribution in [-0.4, -0.2) is 31.6 Å². The van der Waals surface area contributed by atoms with Crippen molar-refractivity contribution in [2.24, 2.45) is 0 Å². The van der Waals surface area contributed by atoms with Gasteiger partial charge in [-0.1, -0.05) is 25.1 Å². The zero-order valence-corrected chi connectivity index (χ0v) is 10.6. The molecule has 0 spiro atoms. The van der Waals surface area contributed by atoms with Crippen LogP contribution in [0.2, 0.25) is 0 Å². The Kier molecular flexibility index (Phi) is 5.08. The first kappa shape index (κ1) is 14.1. The molecule has 0 aliphatic rings. The number of halogens is 1. The Hall–Kier alpha value is -0.940. The fourth-order valence-corrected chi connectivity index (χ4v) is 3.39. The Morgan fingerprint density at radius 3 is 2.59 bits per heavy atom. The maximum Gasteiger partial charge on any atom is 0.150 e. The van der Waals surface area contributed by atoms with Gasteiger partial charge in [0.25, 0.3) is 0 Å². The van der Waals surface area contributed by atoms with E-state index in [-0.39, 0.29) is 36.3 Å². The van der Waals surface area contributed by atoms with Crippen LogP contribution in [0.1, 0.15) is 24.8 Å². The van der Waals surface area contributed by atoms with E-state index in [9.17, 15) is 12.8 Å². The summed E-state index contributed by atoms with van der Waals surface area (Å²) < 4.78 is 36.7. The fourth-order valence-electron chi connectivity index (χ4n) is 1.71. The molecule has 0 aliphatic heterocycles. The van der Waals surface area contributed by atoms with Crippen LogP contribution in [0.5, 0.6) is 0 Å². The third kappa shape index (κ3) is 4.44. The van der Waals surface area contributed by atoms with Gasteiger partial charge in [0.1, 0.15) is 5.82 Å². The molecule has 0 radical (unpaired) electrons. The molecule has 0 fully saturated rings. The molecular formula is C12H17FO3S. The Labute approximate surface area is 101 Å². The number of benzene rings is 1. The number of hydrogen-bond donors (Lipinski definition) is 1. The highest BCUT2D eigenvalue weighted by Gasteiger charge is 2.18. The molecule has 1 aromatic carbocycles. The summed E-state index contributed by atoms with van der Waals surface area (Å²) in [5.74, 6) is -0.895. The number of aliphatic hydroxyl groups excluding tert-OH is 1. The lowest BCUT2D eigenvalue weighted by molar-refractivity contribution is 0.295. The van der Waals surface area contributed by atoms with Gasteiger partial charge in [0.05, 0.1) is 11.5 Å². The summed E-state index contributed by atoms with van der Waals surface area (Å²) >= 11 is 0. The molecule has 1 N–H and O–H groups in total. The van der Waals surface area contributed by atoms with Gasteiger partial charge in [-0.3, -0.25) is 0 Å². The van der Waals surface area contributed by atoms with E-state index in [2.05, 4.69) is 0 Å². The highest BCUT2D eigenvalue weighted by Crippen LogP contribution is 2.20. The Balaban J connectivity index is 2.73. The summed E-state index contributed by atoms with van der Waals surface area (Å²) in [6.07, 6.45) is 0.228. The second-order valence-corrected chi connectivity index (χ2v) is 6.34. The number of sulfone groups is 1. The van der Waals surface area contributed by atoms with E-state index >= 15 is 0 Å². The summed E-state index contributed by atoms with van der Waals surface area (Å²) in [5.41, 5.74) is 0.417. The molecule has 0 aliphatic carbocycles. The Morgan fingerprint density at radius 1 is 1.35 bits per heavy atom. The molecule has 0 bridgehead atoms. The number of hydrogen-bond acceptors (Lipinski definition) is 3. The molecule has 1 rings (SSSR count). The summed E-state index contributed by atoms with van der Waals surface area (Å²) in [7, 11) is -3.23. The zero-order chi connectivity index (χ0) is 12.9. The average Bonchev–Trinajstić information content (AvgIpc) is 2.26. The fraction of sp³-hybridized carbons (Fsp3) is 0.500. The van der Waals surface area contributed by atoms with Crippen LogP contribution in [0.3, 0.4) is 0 Å². The van der Waals surface area contributed by atoms with Crippen LogP contribution in [0.4, 0.5) is 4.39 Å². The normalized spacial score (nSPS) is 13.6. The molecule has 0 amide bonds. The number of aliphatic hydroxyl groups is 1. The van der Waals surface area contributed by atoms with Crippen LogP contribution in [0, 0.1) is 5.82 Å². The molecule has 17 heavy (non-hydrogen) atoms. The lowest BCUT2D eigenvalue weighted by Crippen LogP contribution is -2.17. The Bertz CT molecular complexity index is 457. The molecule has 0 aromatic heterocycles. The zero-order valence-electron chi connectivity index (χ0n) is 9.77. The van der Waals surface area contributed by atoms with Crippen LogP contribution in [-0.2, 0) is 9.84 Å². The first-order valence-corrected chi connectivity index (χ1v) is 7.34. The predicted octanol–water partition coefficient (Wildman–Crippen LogP) is 1.73. The molecular weight excluding hydrogens is 243 g/mol. The van der Waals surface area contributed by atoms with Crippen LogP contribution >= 0.6 is 0 Å². The summed E-state index contributed by atoms with van der Waals surface area (Å²) in [6, 6.07) is 6.19. The van der Waals surface area contributed by atoms with Gasteiger partial charge in [0.15, 0.2) is 9.84 Å². The first-order chi connectivity index (χ1) is 7.96. The van der Waals surface area contributed by atoms with Gasteiger partial charge < -0.3 is 5.11 Å². The van der Waals surface area contributed by atoms with Crippen molar-refractivity contribution in [2.75, 3.05) is 18.1 Å². The summed E-state index contributed by atoms with van der Waals surface area (Å²) in [6.45, 7) is 1.54. The van der Waals surface area contributed by atoms with Gasteiger partial charge in [0, 0.05) is 6.61 Å². The second kappa shape index (κ2) is 6.12. The van der Waals surface area contributed by atoms with Crippen molar-refractivity contribution in [3.8, 4) is 0 Å². The molecule has 1 atom stereocenters. The molecule has 0 saturated carbocycles. The minimum absolute atomic E-state index is 0.0533. The van der Waals surface area contributed by atoms with Crippen LogP contribution in [0.25, 0.3) is 0 Å². The van der Waals surface area contributed by atoms with E-state index < -0.39 is 9.84 Å². The van der Waals surface area contributed by atoms with Gasteiger partial charge in [-0.15, -0.1) is 0 Å². The largest absolute Gasteiger partial charge is 0.396 e. The standard InChI is InChI=1S/C12H17FO3S/c1-10(9-17(15,16)8-4-7-14)11-5-2-3-6-12(11)13/h2-3,5-6,10,14H,4,7-9H2,1H3/t10-/m0/s1. The van der Waals surface area contributed by atoms with Crippen molar-refractivity contribution < 1.29 is 17.9 Å². The van der Waals surface area contributed by atoms with Crippen molar-refractivity contribution in [3.63, 3.8) is 0 Å². The van der Waals surface area contributed by atoms with Crippen LogP contribution < -0.4 is 0 Å². The third-order valence-corrected chi connectivity index (χ3v) is 4.47. The van der Waals surface area contributed by atoms with E-state index in [4.69, 9.17) is 5.11 Å². The molecule has 96 valence electrons. The molecule has 0 unspecified atom stereocenters. The molecule has 1 aromatic rings. The van der Waals surface area contributed by atoms with Crippen molar-refractivity contribution in [1.29, 1.82) is 0 Å². The highest BCUT2D eigenvalue weighted by atomic mass is 32.2. The summed E-state index contributed by atoms with van der Waals surface area (Å²) in [4.78, 5) is 0. The van der Waals surface area contributed by atoms with E-state index in [0.29, 0.717) is 5.56 Å². The topological polar surface area (TPSA) is 54.4 Å². The summed E-state index contributed by atoms with van der Waals surface area (Å²) in [5, 5.41) is 8.60. The first-order valence-electron chi connectivity index (χ1n) is 5.52. The molecule has 0 saturated heterocycles. The smallest absolute Gasteiger partial charge is 0.150 e.